The summed E-state index contributed by atoms with van der Waals surface area (Å²) in [6.07, 6.45) is 0.992. The van der Waals surface area contributed by atoms with Gasteiger partial charge in [-0.3, -0.25) is 4.79 Å². The van der Waals surface area contributed by atoms with E-state index in [1.165, 1.54) is 10.4 Å². The van der Waals surface area contributed by atoms with Gasteiger partial charge in [0.25, 0.3) is 0 Å². The van der Waals surface area contributed by atoms with Crippen LogP contribution >= 0.6 is 11.3 Å². The second-order valence-corrected chi connectivity index (χ2v) is 4.98. The molecule has 0 amide bonds. The lowest BCUT2D eigenvalue weighted by molar-refractivity contribution is 0.104. The van der Waals surface area contributed by atoms with Crippen molar-refractivity contribution in [1.82, 2.24) is 0 Å². The maximum Gasteiger partial charge on any atom is 0.202 e. The third-order valence-corrected chi connectivity index (χ3v) is 3.78. The summed E-state index contributed by atoms with van der Waals surface area (Å²) < 4.78 is 0. The van der Waals surface area contributed by atoms with E-state index in [1.54, 1.807) is 11.3 Å². The quantitative estimate of drug-likeness (QED) is 0.732. The van der Waals surface area contributed by atoms with Crippen LogP contribution in [0.1, 0.15) is 32.6 Å². The zero-order valence-corrected chi connectivity index (χ0v) is 10.3. The molecule has 2 heteroatoms. The smallest absolute Gasteiger partial charge is 0.202 e. The van der Waals surface area contributed by atoms with Crippen LogP contribution in [0.2, 0.25) is 0 Å². The van der Waals surface area contributed by atoms with Gasteiger partial charge in [-0.2, -0.15) is 0 Å². The second kappa shape index (κ2) is 4.62. The summed E-state index contributed by atoms with van der Waals surface area (Å²) >= 11 is 1.59. The summed E-state index contributed by atoms with van der Waals surface area (Å²) in [4.78, 5) is 14.2. The summed E-state index contributed by atoms with van der Waals surface area (Å²) in [6.45, 7) is 4.13. The van der Waals surface area contributed by atoms with Gasteiger partial charge in [0.2, 0.25) is 5.78 Å². The highest BCUT2D eigenvalue weighted by Gasteiger charge is 2.10. The van der Waals surface area contributed by atoms with Crippen LogP contribution in [0, 0.1) is 6.92 Å². The Hall–Kier alpha value is -1.41. The van der Waals surface area contributed by atoms with Crippen LogP contribution in [0.25, 0.3) is 0 Å². The van der Waals surface area contributed by atoms with Crippen LogP contribution in [0.3, 0.4) is 0 Å². The number of carbonyl (C=O) groups excluding carboxylic acids is 1. The Morgan fingerprint density at radius 2 is 1.81 bits per heavy atom. The number of aryl methyl sites for hydroxylation is 2. The van der Waals surface area contributed by atoms with E-state index < -0.39 is 0 Å². The maximum absolute atomic E-state index is 12.1. The molecule has 0 aliphatic carbocycles. The standard InChI is InChI=1S/C14H14OS/c1-3-12-8-9-13(16-12)14(15)11-6-4-10(2)5-7-11/h4-9H,3H2,1-2H3. The maximum atomic E-state index is 12.1. The first-order chi connectivity index (χ1) is 7.70. The first-order valence-corrected chi connectivity index (χ1v) is 6.22. The fourth-order valence-corrected chi connectivity index (χ4v) is 2.45. The monoisotopic (exact) mass is 230 g/mol. The molecule has 0 saturated carbocycles. The highest BCUT2D eigenvalue weighted by molar-refractivity contribution is 7.14. The van der Waals surface area contributed by atoms with E-state index in [-0.39, 0.29) is 5.78 Å². The van der Waals surface area contributed by atoms with E-state index in [0.717, 1.165) is 16.9 Å². The van der Waals surface area contributed by atoms with E-state index >= 15 is 0 Å². The normalized spacial score (nSPS) is 10.4. The van der Waals surface area contributed by atoms with Crippen LogP contribution in [0.4, 0.5) is 0 Å². The molecule has 0 bridgehead atoms. The molecular formula is C14H14OS. The number of carbonyl (C=O) groups is 1. The Labute approximate surface area is 99.8 Å². The Balaban J connectivity index is 2.28. The molecule has 1 aromatic heterocycles. The lowest BCUT2D eigenvalue weighted by Crippen LogP contribution is -1.97. The molecule has 2 rings (SSSR count). The third-order valence-electron chi connectivity index (χ3n) is 2.55. The van der Waals surface area contributed by atoms with Crippen molar-refractivity contribution in [3.8, 4) is 0 Å². The third kappa shape index (κ3) is 2.22. The van der Waals surface area contributed by atoms with Crippen LogP contribution in [0.5, 0.6) is 0 Å². The number of ketones is 1. The van der Waals surface area contributed by atoms with E-state index in [9.17, 15) is 4.79 Å². The molecular weight excluding hydrogens is 216 g/mol. The van der Waals surface area contributed by atoms with E-state index in [2.05, 4.69) is 6.92 Å². The average molecular weight is 230 g/mol. The van der Waals surface area contributed by atoms with Crippen molar-refractivity contribution in [3.05, 3.63) is 57.3 Å². The molecule has 0 aliphatic heterocycles. The molecule has 0 atom stereocenters. The van der Waals surface area contributed by atoms with Crippen LogP contribution < -0.4 is 0 Å². The molecule has 0 fully saturated rings. The SMILES string of the molecule is CCc1ccc(C(=O)c2ccc(C)cc2)s1. The van der Waals surface area contributed by atoms with Crippen molar-refractivity contribution in [3.63, 3.8) is 0 Å². The molecule has 16 heavy (non-hydrogen) atoms. The summed E-state index contributed by atoms with van der Waals surface area (Å²) in [7, 11) is 0. The summed E-state index contributed by atoms with van der Waals surface area (Å²) in [5, 5.41) is 0. The van der Waals surface area contributed by atoms with Gasteiger partial charge in [-0.05, 0) is 25.5 Å². The lowest BCUT2D eigenvalue weighted by atomic mass is 10.1. The Bertz CT molecular complexity index is 494. The summed E-state index contributed by atoms with van der Waals surface area (Å²) in [5.41, 5.74) is 1.95. The largest absolute Gasteiger partial charge is 0.288 e. The number of hydrogen-bond donors (Lipinski definition) is 0. The Morgan fingerprint density at radius 1 is 1.12 bits per heavy atom. The molecule has 0 saturated heterocycles. The number of benzene rings is 1. The zero-order chi connectivity index (χ0) is 11.5. The minimum atomic E-state index is 0.129. The van der Waals surface area contributed by atoms with Crippen molar-refractivity contribution in [2.24, 2.45) is 0 Å². The number of thiophene rings is 1. The topological polar surface area (TPSA) is 17.1 Å². The molecule has 82 valence electrons. The average Bonchev–Trinajstić information content (AvgIpc) is 2.77. The van der Waals surface area contributed by atoms with Crippen molar-refractivity contribution in [2.75, 3.05) is 0 Å². The highest BCUT2D eigenvalue weighted by atomic mass is 32.1. The first kappa shape index (κ1) is 11.1. The lowest BCUT2D eigenvalue weighted by Gasteiger charge is -1.98. The van der Waals surface area contributed by atoms with Gasteiger partial charge >= 0.3 is 0 Å². The van der Waals surface area contributed by atoms with Gasteiger partial charge in [-0.25, -0.2) is 0 Å². The number of rotatable bonds is 3. The van der Waals surface area contributed by atoms with Gasteiger partial charge in [0.1, 0.15) is 0 Å². The van der Waals surface area contributed by atoms with Gasteiger partial charge in [0.05, 0.1) is 4.88 Å². The van der Waals surface area contributed by atoms with Crippen molar-refractivity contribution < 1.29 is 4.79 Å². The highest BCUT2D eigenvalue weighted by Crippen LogP contribution is 2.20. The minimum absolute atomic E-state index is 0.129. The molecule has 0 radical (unpaired) electrons. The van der Waals surface area contributed by atoms with Gasteiger partial charge in [-0.15, -0.1) is 11.3 Å². The predicted molar refractivity (Wildman–Crippen MR) is 68.3 cm³/mol. The van der Waals surface area contributed by atoms with Crippen molar-refractivity contribution >= 4 is 17.1 Å². The van der Waals surface area contributed by atoms with Gasteiger partial charge in [-0.1, -0.05) is 36.8 Å². The molecule has 0 spiro atoms. The molecule has 1 nitrogen and oxygen atoms in total. The molecule has 0 N–H and O–H groups in total. The van der Waals surface area contributed by atoms with Gasteiger partial charge in [0, 0.05) is 10.4 Å². The van der Waals surface area contributed by atoms with Crippen LogP contribution in [0.15, 0.2) is 36.4 Å². The zero-order valence-electron chi connectivity index (χ0n) is 9.49. The van der Waals surface area contributed by atoms with E-state index in [0.29, 0.717) is 0 Å². The first-order valence-electron chi connectivity index (χ1n) is 5.41. The van der Waals surface area contributed by atoms with Crippen molar-refractivity contribution in [1.29, 1.82) is 0 Å². The van der Waals surface area contributed by atoms with Gasteiger partial charge in [0.15, 0.2) is 0 Å². The fraction of sp³-hybridized carbons (Fsp3) is 0.214. The van der Waals surface area contributed by atoms with Crippen LogP contribution in [-0.2, 0) is 6.42 Å². The van der Waals surface area contributed by atoms with E-state index in [1.807, 2.05) is 43.3 Å². The number of hydrogen-bond acceptors (Lipinski definition) is 2. The Morgan fingerprint density at radius 3 is 2.38 bits per heavy atom. The molecule has 1 aromatic carbocycles. The van der Waals surface area contributed by atoms with Crippen molar-refractivity contribution in [2.45, 2.75) is 20.3 Å². The van der Waals surface area contributed by atoms with Crippen LogP contribution in [-0.4, -0.2) is 5.78 Å². The minimum Gasteiger partial charge on any atom is -0.288 e. The summed E-state index contributed by atoms with van der Waals surface area (Å²) in [6, 6.07) is 11.7. The van der Waals surface area contributed by atoms with Gasteiger partial charge < -0.3 is 0 Å². The molecule has 2 aromatic rings. The molecule has 0 aliphatic rings. The second-order valence-electron chi connectivity index (χ2n) is 3.81. The molecule has 1 heterocycles. The Kier molecular flexibility index (Phi) is 3.20. The summed E-state index contributed by atoms with van der Waals surface area (Å²) in [5.74, 6) is 0.129. The predicted octanol–water partition coefficient (Wildman–Crippen LogP) is 3.85. The van der Waals surface area contributed by atoms with E-state index in [4.69, 9.17) is 0 Å². The molecule has 0 unspecified atom stereocenters. The fourth-order valence-electron chi connectivity index (χ4n) is 1.54.